The molecule has 0 amide bonds. The summed E-state index contributed by atoms with van der Waals surface area (Å²) in [5.41, 5.74) is 9.37. The zero-order chi connectivity index (χ0) is 13.7. The Morgan fingerprint density at radius 1 is 1.45 bits per heavy atom. The Kier molecular flexibility index (Phi) is 2.86. The van der Waals surface area contributed by atoms with Gasteiger partial charge in [-0.3, -0.25) is 0 Å². The molecule has 4 heteroatoms. The smallest absolute Gasteiger partial charge is 0.126 e. The van der Waals surface area contributed by atoms with Crippen LogP contribution in [0.25, 0.3) is 11.0 Å². The molecule has 2 N–H and O–H groups in total. The molecule has 2 heterocycles. The highest BCUT2D eigenvalue weighted by molar-refractivity contribution is 8.00. The summed E-state index contributed by atoms with van der Waals surface area (Å²) in [4.78, 5) is 5.02. The van der Waals surface area contributed by atoms with Crippen molar-refractivity contribution in [2.24, 2.45) is 5.73 Å². The highest BCUT2D eigenvalue weighted by atomic mass is 32.2. The van der Waals surface area contributed by atoms with Crippen molar-refractivity contribution in [3.05, 3.63) is 29.6 Å². The maximum absolute atomic E-state index is 5.77. The zero-order valence-electron chi connectivity index (χ0n) is 11.9. The average Bonchev–Trinajstić information content (AvgIpc) is 3.08. The molecule has 1 aromatic carbocycles. The molecule has 0 bridgehead atoms. The molecular weight excluding hydrogens is 266 g/mol. The summed E-state index contributed by atoms with van der Waals surface area (Å²) in [7, 11) is 0. The molecule has 2 fully saturated rings. The van der Waals surface area contributed by atoms with Crippen LogP contribution in [0.2, 0.25) is 0 Å². The van der Waals surface area contributed by atoms with E-state index in [0.717, 1.165) is 5.52 Å². The SMILES string of the molecule is CC1(c2nc3cc(CN)ccc3n2C2CC2)CCCS1. The minimum absolute atomic E-state index is 0.199. The molecule has 2 aliphatic rings. The quantitative estimate of drug-likeness (QED) is 0.938. The average molecular weight is 287 g/mol. The van der Waals surface area contributed by atoms with Gasteiger partial charge in [0.25, 0.3) is 0 Å². The fraction of sp³-hybridized carbons (Fsp3) is 0.562. The first-order valence-corrected chi connectivity index (χ1v) is 8.55. The standard InChI is InChI=1S/C16H21N3S/c1-16(7-2-8-20-16)15-18-13-9-11(10-17)3-6-14(13)19(15)12-4-5-12/h3,6,9,12H,2,4-5,7-8,10,17H2,1H3. The van der Waals surface area contributed by atoms with Crippen LogP contribution in [0.1, 0.15) is 50.0 Å². The summed E-state index contributed by atoms with van der Waals surface area (Å²) in [6, 6.07) is 7.21. The second kappa shape index (κ2) is 4.50. The number of thioether (sulfide) groups is 1. The number of nitrogens with zero attached hydrogens (tertiary/aromatic N) is 2. The van der Waals surface area contributed by atoms with Gasteiger partial charge < -0.3 is 10.3 Å². The van der Waals surface area contributed by atoms with E-state index in [4.69, 9.17) is 10.7 Å². The van der Waals surface area contributed by atoms with Gasteiger partial charge in [0, 0.05) is 12.6 Å². The third-order valence-electron chi connectivity index (χ3n) is 4.59. The normalized spacial score (nSPS) is 26.5. The van der Waals surface area contributed by atoms with Crippen LogP contribution in [0, 0.1) is 0 Å². The number of hydrogen-bond donors (Lipinski definition) is 1. The Morgan fingerprint density at radius 3 is 2.95 bits per heavy atom. The van der Waals surface area contributed by atoms with Gasteiger partial charge in [-0.15, -0.1) is 11.8 Å². The lowest BCUT2D eigenvalue weighted by atomic mass is 10.0. The monoisotopic (exact) mass is 287 g/mol. The first-order valence-electron chi connectivity index (χ1n) is 7.57. The maximum Gasteiger partial charge on any atom is 0.126 e. The molecule has 1 unspecified atom stereocenters. The van der Waals surface area contributed by atoms with E-state index < -0.39 is 0 Å². The van der Waals surface area contributed by atoms with Crippen molar-refractivity contribution in [3.8, 4) is 0 Å². The third kappa shape index (κ3) is 1.89. The molecule has 2 aromatic rings. The van der Waals surface area contributed by atoms with E-state index in [2.05, 4.69) is 41.5 Å². The second-order valence-corrected chi connectivity index (χ2v) is 7.84. The molecule has 1 atom stereocenters. The van der Waals surface area contributed by atoms with Crippen LogP contribution in [0.15, 0.2) is 18.2 Å². The zero-order valence-corrected chi connectivity index (χ0v) is 12.7. The minimum atomic E-state index is 0.199. The summed E-state index contributed by atoms with van der Waals surface area (Å²) in [6.07, 6.45) is 5.16. The molecule has 3 nitrogen and oxygen atoms in total. The van der Waals surface area contributed by atoms with Crippen molar-refractivity contribution < 1.29 is 0 Å². The van der Waals surface area contributed by atoms with Crippen molar-refractivity contribution in [2.75, 3.05) is 5.75 Å². The van der Waals surface area contributed by atoms with E-state index in [1.165, 1.54) is 48.3 Å². The van der Waals surface area contributed by atoms with Gasteiger partial charge in [0.05, 0.1) is 15.8 Å². The molecule has 106 valence electrons. The van der Waals surface area contributed by atoms with Crippen molar-refractivity contribution in [1.29, 1.82) is 0 Å². The number of hydrogen-bond acceptors (Lipinski definition) is 3. The highest BCUT2D eigenvalue weighted by Crippen LogP contribution is 2.49. The van der Waals surface area contributed by atoms with Gasteiger partial charge in [0.15, 0.2) is 0 Å². The lowest BCUT2D eigenvalue weighted by molar-refractivity contribution is 0.560. The van der Waals surface area contributed by atoms with Crippen LogP contribution >= 0.6 is 11.8 Å². The Balaban J connectivity index is 1.92. The van der Waals surface area contributed by atoms with Gasteiger partial charge in [0.1, 0.15) is 5.82 Å². The Hall–Kier alpha value is -1.000. The van der Waals surface area contributed by atoms with Crippen molar-refractivity contribution >= 4 is 22.8 Å². The first kappa shape index (κ1) is 12.7. The Labute approximate surface area is 123 Å². The fourth-order valence-electron chi connectivity index (χ4n) is 3.30. The van der Waals surface area contributed by atoms with E-state index in [0.29, 0.717) is 12.6 Å². The van der Waals surface area contributed by atoms with Crippen LogP contribution in [-0.2, 0) is 11.3 Å². The van der Waals surface area contributed by atoms with Gasteiger partial charge in [-0.2, -0.15) is 0 Å². The predicted molar refractivity (Wildman–Crippen MR) is 84.9 cm³/mol. The number of rotatable bonds is 3. The van der Waals surface area contributed by atoms with Gasteiger partial charge in [-0.25, -0.2) is 4.98 Å². The summed E-state index contributed by atoms with van der Waals surface area (Å²) >= 11 is 2.07. The lowest BCUT2D eigenvalue weighted by Gasteiger charge is -2.23. The Bertz CT molecular complexity index is 651. The number of benzene rings is 1. The lowest BCUT2D eigenvalue weighted by Crippen LogP contribution is -2.19. The number of aromatic nitrogens is 2. The summed E-state index contributed by atoms with van der Waals surface area (Å²) < 4.78 is 2.72. The van der Waals surface area contributed by atoms with Crippen molar-refractivity contribution in [2.45, 2.75) is 49.9 Å². The van der Waals surface area contributed by atoms with Gasteiger partial charge in [-0.1, -0.05) is 6.07 Å². The highest BCUT2D eigenvalue weighted by Gasteiger charge is 2.39. The predicted octanol–water partition coefficient (Wildman–Crippen LogP) is 3.57. The van der Waals surface area contributed by atoms with Crippen LogP contribution in [0.3, 0.4) is 0 Å². The molecule has 4 rings (SSSR count). The third-order valence-corrected chi connectivity index (χ3v) is 6.11. The van der Waals surface area contributed by atoms with Crippen molar-refractivity contribution in [3.63, 3.8) is 0 Å². The maximum atomic E-state index is 5.77. The van der Waals surface area contributed by atoms with E-state index in [9.17, 15) is 0 Å². The minimum Gasteiger partial charge on any atom is -0.326 e. The largest absolute Gasteiger partial charge is 0.326 e. The molecule has 20 heavy (non-hydrogen) atoms. The van der Waals surface area contributed by atoms with Crippen molar-refractivity contribution in [1.82, 2.24) is 9.55 Å². The van der Waals surface area contributed by atoms with E-state index in [-0.39, 0.29) is 4.75 Å². The number of fused-ring (bicyclic) bond motifs is 1. The van der Waals surface area contributed by atoms with E-state index in [1.54, 1.807) is 0 Å². The van der Waals surface area contributed by atoms with Gasteiger partial charge in [0.2, 0.25) is 0 Å². The number of imidazole rings is 1. The van der Waals surface area contributed by atoms with Crippen LogP contribution in [0.4, 0.5) is 0 Å². The van der Waals surface area contributed by atoms with Crippen LogP contribution in [-0.4, -0.2) is 15.3 Å². The molecular formula is C16H21N3S. The summed E-state index contributed by atoms with van der Waals surface area (Å²) in [6.45, 7) is 2.96. The second-order valence-electron chi connectivity index (χ2n) is 6.25. The topological polar surface area (TPSA) is 43.8 Å². The first-order chi connectivity index (χ1) is 9.71. The molecule has 0 spiro atoms. The number of nitrogens with two attached hydrogens (primary N) is 1. The molecule has 1 aromatic heterocycles. The van der Waals surface area contributed by atoms with Gasteiger partial charge in [-0.05, 0) is 56.1 Å². The summed E-state index contributed by atoms with van der Waals surface area (Å²) in [5.74, 6) is 2.56. The van der Waals surface area contributed by atoms with E-state index in [1.807, 2.05) is 0 Å². The van der Waals surface area contributed by atoms with Crippen LogP contribution in [0.5, 0.6) is 0 Å². The summed E-state index contributed by atoms with van der Waals surface area (Å²) in [5, 5.41) is 0. The molecule has 1 saturated carbocycles. The van der Waals surface area contributed by atoms with E-state index >= 15 is 0 Å². The molecule has 0 radical (unpaired) electrons. The molecule has 1 aliphatic carbocycles. The fourth-order valence-corrected chi connectivity index (χ4v) is 4.60. The van der Waals surface area contributed by atoms with Gasteiger partial charge >= 0.3 is 0 Å². The molecule has 1 saturated heterocycles. The molecule has 1 aliphatic heterocycles. The van der Waals surface area contributed by atoms with Crippen LogP contribution < -0.4 is 5.73 Å². The Morgan fingerprint density at radius 2 is 2.30 bits per heavy atom.